The van der Waals surface area contributed by atoms with Crippen LogP contribution in [0.25, 0.3) is 11.4 Å². The molecule has 7 heteroatoms. The summed E-state index contributed by atoms with van der Waals surface area (Å²) < 4.78 is 5.48. The number of hydrogen-bond acceptors (Lipinski definition) is 5. The second kappa shape index (κ2) is 7.84. The Morgan fingerprint density at radius 1 is 1.22 bits per heavy atom. The predicted octanol–water partition coefficient (Wildman–Crippen LogP) is 4.83. The zero-order valence-electron chi connectivity index (χ0n) is 15.0. The smallest absolute Gasteiger partial charge is 0.322 e. The van der Waals surface area contributed by atoms with Crippen LogP contribution < -0.4 is 5.32 Å². The van der Waals surface area contributed by atoms with Crippen LogP contribution >= 0.6 is 11.8 Å². The molecule has 1 aromatic heterocycles. The lowest BCUT2D eigenvalue weighted by Crippen LogP contribution is -2.34. The van der Waals surface area contributed by atoms with Gasteiger partial charge in [0.15, 0.2) is 0 Å². The van der Waals surface area contributed by atoms with Crippen LogP contribution in [0.3, 0.4) is 0 Å². The van der Waals surface area contributed by atoms with Crippen LogP contribution in [0, 0.1) is 0 Å². The number of benzene rings is 2. The average Bonchev–Trinajstić information content (AvgIpc) is 3.38. The van der Waals surface area contributed by atoms with E-state index in [4.69, 9.17) is 4.52 Å². The first kappa shape index (κ1) is 17.6. The zero-order valence-corrected chi connectivity index (χ0v) is 15.8. The van der Waals surface area contributed by atoms with E-state index in [1.807, 2.05) is 60.9 Å². The van der Waals surface area contributed by atoms with Gasteiger partial charge in [-0.2, -0.15) is 4.98 Å². The first-order chi connectivity index (χ1) is 13.2. The number of likely N-dealkylation sites (tertiary alicyclic amines) is 1. The fourth-order valence-corrected chi connectivity index (χ4v) is 3.70. The highest BCUT2D eigenvalue weighted by atomic mass is 32.2. The Morgan fingerprint density at radius 2 is 2.07 bits per heavy atom. The molecule has 0 radical (unpaired) electrons. The molecule has 1 aliphatic heterocycles. The van der Waals surface area contributed by atoms with Crippen molar-refractivity contribution in [2.75, 3.05) is 18.1 Å². The highest BCUT2D eigenvalue weighted by Crippen LogP contribution is 2.32. The van der Waals surface area contributed by atoms with Gasteiger partial charge in [-0.15, -0.1) is 11.8 Å². The molecule has 2 aromatic carbocycles. The number of anilines is 1. The zero-order chi connectivity index (χ0) is 18.6. The summed E-state index contributed by atoms with van der Waals surface area (Å²) in [6, 6.07) is 17.2. The van der Waals surface area contributed by atoms with Crippen molar-refractivity contribution >= 4 is 23.5 Å². The number of carbonyl (C=O) groups is 1. The van der Waals surface area contributed by atoms with Gasteiger partial charge < -0.3 is 14.7 Å². The van der Waals surface area contributed by atoms with Crippen molar-refractivity contribution in [2.24, 2.45) is 0 Å². The molecule has 0 bridgehead atoms. The van der Waals surface area contributed by atoms with E-state index >= 15 is 0 Å². The van der Waals surface area contributed by atoms with E-state index in [0.29, 0.717) is 18.3 Å². The molecule has 0 unspecified atom stereocenters. The van der Waals surface area contributed by atoms with Crippen LogP contribution in [0.4, 0.5) is 10.5 Å². The van der Waals surface area contributed by atoms with Gasteiger partial charge in [0.25, 0.3) is 0 Å². The average molecular weight is 380 g/mol. The normalized spacial score (nSPS) is 16.5. The number of amides is 2. The SMILES string of the molecule is CSc1cccc(NC(=O)N2CCC[C@H]2c2nc(-c3ccccc3)no2)c1. The van der Waals surface area contributed by atoms with E-state index in [-0.39, 0.29) is 12.1 Å². The molecule has 4 rings (SSSR count). The molecule has 27 heavy (non-hydrogen) atoms. The minimum atomic E-state index is -0.196. The first-order valence-electron chi connectivity index (χ1n) is 8.85. The monoisotopic (exact) mass is 380 g/mol. The van der Waals surface area contributed by atoms with Crippen LogP contribution in [0.15, 0.2) is 64.0 Å². The van der Waals surface area contributed by atoms with Gasteiger partial charge in [0, 0.05) is 22.7 Å². The fourth-order valence-electron chi connectivity index (χ4n) is 3.24. The summed E-state index contributed by atoms with van der Waals surface area (Å²) in [5.74, 6) is 1.03. The second-order valence-corrected chi connectivity index (χ2v) is 7.22. The number of carbonyl (C=O) groups excluding carboxylic acids is 1. The quantitative estimate of drug-likeness (QED) is 0.657. The number of nitrogens with one attached hydrogen (secondary N) is 1. The van der Waals surface area contributed by atoms with Gasteiger partial charge in [0.05, 0.1) is 0 Å². The van der Waals surface area contributed by atoms with Gasteiger partial charge in [0.1, 0.15) is 6.04 Å². The Kier molecular flexibility index (Phi) is 5.11. The van der Waals surface area contributed by atoms with Gasteiger partial charge in [-0.3, -0.25) is 0 Å². The maximum atomic E-state index is 12.8. The number of nitrogens with zero attached hydrogens (tertiary/aromatic N) is 3. The molecule has 0 spiro atoms. The Labute approximate surface area is 162 Å². The number of urea groups is 1. The van der Waals surface area contributed by atoms with Gasteiger partial charge in [-0.05, 0) is 37.3 Å². The van der Waals surface area contributed by atoms with Crippen LogP contribution in [0.2, 0.25) is 0 Å². The van der Waals surface area contributed by atoms with Gasteiger partial charge in [-0.1, -0.05) is 41.6 Å². The highest BCUT2D eigenvalue weighted by Gasteiger charge is 2.34. The molecule has 1 fully saturated rings. The molecule has 1 saturated heterocycles. The van der Waals surface area contributed by atoms with Crippen molar-refractivity contribution in [1.82, 2.24) is 15.0 Å². The van der Waals surface area contributed by atoms with Crippen molar-refractivity contribution in [3.63, 3.8) is 0 Å². The Balaban J connectivity index is 1.50. The first-order valence-corrected chi connectivity index (χ1v) is 10.1. The van der Waals surface area contributed by atoms with Crippen LogP contribution in [0.1, 0.15) is 24.8 Å². The summed E-state index contributed by atoms with van der Waals surface area (Å²) in [5, 5.41) is 7.06. The maximum absolute atomic E-state index is 12.8. The molecule has 2 amide bonds. The third-order valence-electron chi connectivity index (χ3n) is 4.59. The van der Waals surface area contributed by atoms with Crippen molar-refractivity contribution in [1.29, 1.82) is 0 Å². The molecule has 1 N–H and O–H groups in total. The molecule has 6 nitrogen and oxygen atoms in total. The van der Waals surface area contributed by atoms with E-state index in [1.165, 1.54) is 0 Å². The largest absolute Gasteiger partial charge is 0.337 e. The van der Waals surface area contributed by atoms with Crippen LogP contribution in [0.5, 0.6) is 0 Å². The van der Waals surface area contributed by atoms with E-state index < -0.39 is 0 Å². The third-order valence-corrected chi connectivity index (χ3v) is 5.32. The lowest BCUT2D eigenvalue weighted by molar-refractivity contribution is 0.193. The number of rotatable bonds is 4. The molecule has 0 saturated carbocycles. The summed E-state index contributed by atoms with van der Waals surface area (Å²) in [5.41, 5.74) is 1.68. The number of aromatic nitrogens is 2. The lowest BCUT2D eigenvalue weighted by atomic mass is 10.2. The minimum absolute atomic E-state index is 0.143. The number of thioether (sulfide) groups is 1. The standard InChI is InChI=1S/C20H20N4O2S/c1-27-16-10-5-9-15(13-16)21-20(25)24-12-6-11-17(24)19-22-18(23-26-19)14-7-3-2-4-8-14/h2-5,7-10,13,17H,6,11-12H2,1H3,(H,21,25)/t17-/m0/s1. The summed E-state index contributed by atoms with van der Waals surface area (Å²) in [6.07, 6.45) is 3.73. The highest BCUT2D eigenvalue weighted by molar-refractivity contribution is 7.98. The molecular weight excluding hydrogens is 360 g/mol. The summed E-state index contributed by atoms with van der Waals surface area (Å²) in [6.45, 7) is 0.668. The van der Waals surface area contributed by atoms with E-state index in [0.717, 1.165) is 29.0 Å². The van der Waals surface area contributed by atoms with Gasteiger partial charge in [-0.25, -0.2) is 4.79 Å². The topological polar surface area (TPSA) is 71.3 Å². The fraction of sp³-hybridized carbons (Fsp3) is 0.250. The van der Waals surface area contributed by atoms with E-state index in [1.54, 1.807) is 16.7 Å². The predicted molar refractivity (Wildman–Crippen MR) is 106 cm³/mol. The molecule has 1 aliphatic rings. The summed E-state index contributed by atoms with van der Waals surface area (Å²) >= 11 is 1.64. The number of hydrogen-bond donors (Lipinski definition) is 1. The van der Waals surface area contributed by atoms with Gasteiger partial charge >= 0.3 is 6.03 Å². The summed E-state index contributed by atoms with van der Waals surface area (Å²) in [4.78, 5) is 20.2. The summed E-state index contributed by atoms with van der Waals surface area (Å²) in [7, 11) is 0. The molecule has 138 valence electrons. The molecule has 1 atom stereocenters. The third kappa shape index (κ3) is 3.83. The van der Waals surface area contributed by atoms with Crippen molar-refractivity contribution in [2.45, 2.75) is 23.8 Å². The molecule has 2 heterocycles. The minimum Gasteiger partial charge on any atom is -0.337 e. The van der Waals surface area contributed by atoms with E-state index in [9.17, 15) is 4.79 Å². The molecule has 3 aromatic rings. The Bertz CT molecular complexity index is 928. The van der Waals surface area contributed by atoms with Gasteiger partial charge in [0.2, 0.25) is 11.7 Å². The molecular formula is C20H20N4O2S. The van der Waals surface area contributed by atoms with Crippen LogP contribution in [-0.2, 0) is 0 Å². The second-order valence-electron chi connectivity index (χ2n) is 6.34. The van der Waals surface area contributed by atoms with Crippen molar-refractivity contribution in [3.05, 3.63) is 60.5 Å². The van der Waals surface area contributed by atoms with Crippen LogP contribution in [-0.4, -0.2) is 33.9 Å². The Morgan fingerprint density at radius 3 is 2.89 bits per heavy atom. The van der Waals surface area contributed by atoms with Crippen molar-refractivity contribution < 1.29 is 9.32 Å². The Hall–Kier alpha value is -2.80. The molecule has 0 aliphatic carbocycles. The maximum Gasteiger partial charge on any atom is 0.322 e. The van der Waals surface area contributed by atoms with E-state index in [2.05, 4.69) is 15.5 Å². The lowest BCUT2D eigenvalue weighted by Gasteiger charge is -2.22. The van der Waals surface area contributed by atoms with Crippen molar-refractivity contribution in [3.8, 4) is 11.4 Å².